The molecule has 0 radical (unpaired) electrons. The number of benzene rings is 1. The number of amides is 1. The van der Waals surface area contributed by atoms with E-state index in [0.717, 1.165) is 11.8 Å². The summed E-state index contributed by atoms with van der Waals surface area (Å²) in [5.41, 5.74) is 1.03. The van der Waals surface area contributed by atoms with E-state index in [-0.39, 0.29) is 10.6 Å². The second kappa shape index (κ2) is 4.55. The van der Waals surface area contributed by atoms with Crippen LogP contribution in [0.25, 0.3) is 0 Å². The molecule has 4 nitrogen and oxygen atoms in total. The summed E-state index contributed by atoms with van der Waals surface area (Å²) in [4.78, 5) is 11.8. The van der Waals surface area contributed by atoms with Crippen LogP contribution in [0.3, 0.4) is 0 Å². The molecule has 0 unspecified atom stereocenters. The van der Waals surface area contributed by atoms with Gasteiger partial charge in [-0.25, -0.2) is 4.39 Å². The highest BCUT2D eigenvalue weighted by Gasteiger charge is 2.12. The lowest BCUT2D eigenvalue weighted by atomic mass is 10.2. The molecule has 2 aromatic rings. The summed E-state index contributed by atoms with van der Waals surface area (Å²) >= 11 is 5.77. The zero-order chi connectivity index (χ0) is 12.4. The van der Waals surface area contributed by atoms with E-state index in [4.69, 9.17) is 11.6 Å². The van der Waals surface area contributed by atoms with Gasteiger partial charge in [0.1, 0.15) is 5.82 Å². The SMILES string of the molecule is Cc1cc(NC(=O)c2ccc(F)cc2Cl)n[nH]1. The number of hydrogen-bond donors (Lipinski definition) is 2. The van der Waals surface area contributed by atoms with Gasteiger partial charge in [-0.15, -0.1) is 0 Å². The molecule has 2 rings (SSSR count). The third kappa shape index (κ3) is 2.62. The highest BCUT2D eigenvalue weighted by molar-refractivity contribution is 6.34. The molecule has 2 N–H and O–H groups in total. The molecular formula is C11H9ClFN3O. The summed E-state index contributed by atoms with van der Waals surface area (Å²) < 4.78 is 12.8. The highest BCUT2D eigenvalue weighted by atomic mass is 35.5. The smallest absolute Gasteiger partial charge is 0.258 e. The number of aryl methyl sites for hydroxylation is 1. The Morgan fingerprint density at radius 2 is 2.24 bits per heavy atom. The maximum atomic E-state index is 12.8. The van der Waals surface area contributed by atoms with Crippen molar-refractivity contribution in [3.8, 4) is 0 Å². The van der Waals surface area contributed by atoms with Crippen molar-refractivity contribution < 1.29 is 9.18 Å². The predicted molar refractivity (Wildman–Crippen MR) is 62.7 cm³/mol. The van der Waals surface area contributed by atoms with Crippen LogP contribution >= 0.6 is 11.6 Å². The van der Waals surface area contributed by atoms with Gasteiger partial charge in [-0.3, -0.25) is 9.89 Å². The van der Waals surface area contributed by atoms with Crippen LogP contribution in [0.5, 0.6) is 0 Å². The molecule has 0 saturated heterocycles. The normalized spacial score (nSPS) is 10.3. The van der Waals surface area contributed by atoms with Crippen molar-refractivity contribution in [2.75, 3.05) is 5.32 Å². The Morgan fingerprint density at radius 3 is 2.82 bits per heavy atom. The Hall–Kier alpha value is -1.88. The summed E-state index contributed by atoms with van der Waals surface area (Å²) in [6, 6.07) is 5.27. The van der Waals surface area contributed by atoms with E-state index < -0.39 is 11.7 Å². The van der Waals surface area contributed by atoms with Crippen molar-refractivity contribution in [1.29, 1.82) is 0 Å². The average Bonchev–Trinajstić information content (AvgIpc) is 2.63. The molecule has 0 saturated carbocycles. The average molecular weight is 254 g/mol. The Labute approximate surface area is 102 Å². The second-order valence-corrected chi connectivity index (χ2v) is 3.92. The third-order valence-electron chi connectivity index (χ3n) is 2.12. The molecular weight excluding hydrogens is 245 g/mol. The molecule has 0 spiro atoms. The molecule has 17 heavy (non-hydrogen) atoms. The minimum Gasteiger partial charge on any atom is -0.305 e. The number of halogens is 2. The summed E-state index contributed by atoms with van der Waals surface area (Å²) in [6.45, 7) is 1.81. The van der Waals surface area contributed by atoms with E-state index in [1.165, 1.54) is 12.1 Å². The van der Waals surface area contributed by atoms with Gasteiger partial charge >= 0.3 is 0 Å². The van der Waals surface area contributed by atoms with Gasteiger partial charge in [0, 0.05) is 11.8 Å². The number of carbonyl (C=O) groups excluding carboxylic acids is 1. The first-order valence-electron chi connectivity index (χ1n) is 4.84. The number of nitrogens with one attached hydrogen (secondary N) is 2. The summed E-state index contributed by atoms with van der Waals surface area (Å²) in [5, 5.41) is 9.16. The van der Waals surface area contributed by atoms with Gasteiger partial charge in [0.15, 0.2) is 5.82 Å². The topological polar surface area (TPSA) is 57.8 Å². The van der Waals surface area contributed by atoms with Crippen molar-refractivity contribution >= 4 is 23.3 Å². The Bertz CT molecular complexity index is 568. The van der Waals surface area contributed by atoms with Crippen LogP contribution in [-0.2, 0) is 0 Å². The van der Waals surface area contributed by atoms with Crippen molar-refractivity contribution in [3.63, 3.8) is 0 Å². The van der Waals surface area contributed by atoms with Crippen LogP contribution in [0.2, 0.25) is 5.02 Å². The van der Waals surface area contributed by atoms with Gasteiger partial charge in [-0.2, -0.15) is 5.10 Å². The Kier molecular flexibility index (Phi) is 3.10. The molecule has 1 amide bonds. The highest BCUT2D eigenvalue weighted by Crippen LogP contribution is 2.18. The van der Waals surface area contributed by atoms with E-state index in [2.05, 4.69) is 15.5 Å². The number of rotatable bonds is 2. The van der Waals surface area contributed by atoms with E-state index in [9.17, 15) is 9.18 Å². The molecule has 1 aromatic carbocycles. The molecule has 0 fully saturated rings. The van der Waals surface area contributed by atoms with Crippen LogP contribution in [-0.4, -0.2) is 16.1 Å². The van der Waals surface area contributed by atoms with Crippen LogP contribution in [0.1, 0.15) is 16.1 Å². The number of nitrogens with zero attached hydrogens (tertiary/aromatic N) is 1. The number of aromatic amines is 1. The van der Waals surface area contributed by atoms with Gasteiger partial charge in [0.2, 0.25) is 0 Å². The zero-order valence-electron chi connectivity index (χ0n) is 8.92. The molecule has 0 aliphatic carbocycles. The monoisotopic (exact) mass is 253 g/mol. The molecule has 88 valence electrons. The van der Waals surface area contributed by atoms with Crippen molar-refractivity contribution in [2.24, 2.45) is 0 Å². The number of carbonyl (C=O) groups is 1. The fraction of sp³-hybridized carbons (Fsp3) is 0.0909. The van der Waals surface area contributed by atoms with Crippen LogP contribution in [0, 0.1) is 12.7 Å². The van der Waals surface area contributed by atoms with Crippen LogP contribution in [0.15, 0.2) is 24.3 Å². The fourth-order valence-electron chi connectivity index (χ4n) is 1.34. The Balaban J connectivity index is 2.20. The van der Waals surface area contributed by atoms with E-state index in [1.807, 2.05) is 6.92 Å². The predicted octanol–water partition coefficient (Wildman–Crippen LogP) is 2.76. The van der Waals surface area contributed by atoms with E-state index in [0.29, 0.717) is 5.82 Å². The van der Waals surface area contributed by atoms with E-state index in [1.54, 1.807) is 6.07 Å². The van der Waals surface area contributed by atoms with Crippen LogP contribution < -0.4 is 5.32 Å². The lowest BCUT2D eigenvalue weighted by Crippen LogP contribution is -2.12. The van der Waals surface area contributed by atoms with Gasteiger partial charge in [-0.1, -0.05) is 11.6 Å². The maximum absolute atomic E-state index is 12.8. The lowest BCUT2D eigenvalue weighted by molar-refractivity contribution is 0.102. The zero-order valence-corrected chi connectivity index (χ0v) is 9.68. The van der Waals surface area contributed by atoms with Gasteiger partial charge in [-0.05, 0) is 25.1 Å². The molecule has 0 atom stereocenters. The molecule has 0 bridgehead atoms. The first kappa shape index (κ1) is 11.6. The molecule has 0 aliphatic rings. The number of aromatic nitrogens is 2. The third-order valence-corrected chi connectivity index (χ3v) is 2.44. The second-order valence-electron chi connectivity index (χ2n) is 3.51. The minimum absolute atomic E-state index is 0.0646. The first-order chi connectivity index (χ1) is 8.06. The maximum Gasteiger partial charge on any atom is 0.258 e. The fourth-order valence-corrected chi connectivity index (χ4v) is 1.59. The standard InChI is InChI=1S/C11H9ClFN3O/c1-6-4-10(16-15-6)14-11(17)8-3-2-7(13)5-9(8)12/h2-5H,1H3,(H2,14,15,16,17). The molecule has 1 aromatic heterocycles. The number of hydrogen-bond acceptors (Lipinski definition) is 2. The van der Waals surface area contributed by atoms with Gasteiger partial charge in [0.05, 0.1) is 10.6 Å². The van der Waals surface area contributed by atoms with Crippen molar-refractivity contribution in [3.05, 3.63) is 46.4 Å². The largest absolute Gasteiger partial charge is 0.305 e. The van der Waals surface area contributed by atoms with Gasteiger partial charge in [0.25, 0.3) is 5.91 Å². The summed E-state index contributed by atoms with van der Waals surface area (Å²) in [7, 11) is 0. The van der Waals surface area contributed by atoms with Crippen molar-refractivity contribution in [1.82, 2.24) is 10.2 Å². The lowest BCUT2D eigenvalue weighted by Gasteiger charge is -2.03. The summed E-state index contributed by atoms with van der Waals surface area (Å²) in [5.74, 6) is -0.517. The molecule has 0 aliphatic heterocycles. The minimum atomic E-state index is -0.484. The van der Waals surface area contributed by atoms with Gasteiger partial charge < -0.3 is 5.32 Å². The quantitative estimate of drug-likeness (QED) is 0.865. The Morgan fingerprint density at radius 1 is 1.47 bits per heavy atom. The summed E-state index contributed by atoms with van der Waals surface area (Å²) in [6.07, 6.45) is 0. The number of H-pyrrole nitrogens is 1. The number of anilines is 1. The van der Waals surface area contributed by atoms with Crippen molar-refractivity contribution in [2.45, 2.75) is 6.92 Å². The molecule has 1 heterocycles. The molecule has 6 heteroatoms. The van der Waals surface area contributed by atoms with E-state index >= 15 is 0 Å². The first-order valence-corrected chi connectivity index (χ1v) is 5.22. The van der Waals surface area contributed by atoms with Crippen LogP contribution in [0.4, 0.5) is 10.2 Å².